The van der Waals surface area contributed by atoms with Crippen molar-refractivity contribution in [2.75, 3.05) is 13.2 Å². The van der Waals surface area contributed by atoms with Crippen molar-refractivity contribution >= 4 is 69.5 Å². The smallest absolute Gasteiger partial charge is 0.326 e. The molecule has 1 aliphatic heterocycles. The van der Waals surface area contributed by atoms with E-state index in [-0.39, 0.29) is 12.5 Å². The van der Waals surface area contributed by atoms with Gasteiger partial charge in [-0.3, -0.25) is 14.5 Å². The lowest BCUT2D eigenvalue weighted by atomic mass is 10.2. The molecule has 1 aromatic rings. The number of nitrogens with zero attached hydrogens (tertiary/aromatic N) is 1. The first-order valence-electron chi connectivity index (χ1n) is 6.79. The predicted molar refractivity (Wildman–Crippen MR) is 97.6 cm³/mol. The molecule has 1 amide bonds. The molecule has 1 fully saturated rings. The number of benzene rings is 1. The summed E-state index contributed by atoms with van der Waals surface area (Å²) in [5, 5.41) is 0.871. The van der Waals surface area contributed by atoms with Crippen LogP contribution in [0.2, 0.25) is 10.0 Å². The number of hydrogen-bond donors (Lipinski definition) is 0. The van der Waals surface area contributed by atoms with Crippen molar-refractivity contribution in [3.63, 3.8) is 0 Å². The van der Waals surface area contributed by atoms with Crippen molar-refractivity contribution < 1.29 is 14.3 Å². The lowest BCUT2D eigenvalue weighted by Crippen LogP contribution is -2.34. The molecule has 0 atom stereocenters. The number of halogens is 2. The molecule has 0 unspecified atom stereocenters. The first kappa shape index (κ1) is 18.3. The van der Waals surface area contributed by atoms with Crippen LogP contribution in [0.5, 0.6) is 0 Å². The van der Waals surface area contributed by atoms with Gasteiger partial charge >= 0.3 is 5.97 Å². The molecule has 1 saturated heterocycles. The average Bonchev–Trinajstić information content (AvgIpc) is 2.76. The zero-order valence-corrected chi connectivity index (χ0v) is 15.3. The van der Waals surface area contributed by atoms with Gasteiger partial charge < -0.3 is 4.74 Å². The number of amides is 1. The highest BCUT2D eigenvalue weighted by atomic mass is 35.5. The highest BCUT2D eigenvalue weighted by Crippen LogP contribution is 2.35. The van der Waals surface area contributed by atoms with Crippen LogP contribution in [0.25, 0.3) is 6.08 Å². The van der Waals surface area contributed by atoms with E-state index in [9.17, 15) is 9.59 Å². The molecule has 23 heavy (non-hydrogen) atoms. The first-order chi connectivity index (χ1) is 10.9. The van der Waals surface area contributed by atoms with Crippen LogP contribution in [0.1, 0.15) is 18.9 Å². The fraction of sp³-hybridized carbons (Fsp3) is 0.267. The van der Waals surface area contributed by atoms with Crippen molar-refractivity contribution in [1.29, 1.82) is 0 Å². The van der Waals surface area contributed by atoms with Crippen LogP contribution in [0.3, 0.4) is 0 Å². The molecule has 0 radical (unpaired) electrons. The molecule has 0 spiro atoms. The lowest BCUT2D eigenvalue weighted by molar-refractivity contribution is -0.146. The Balaban J connectivity index is 2.18. The minimum atomic E-state index is -0.486. The topological polar surface area (TPSA) is 46.6 Å². The highest BCUT2D eigenvalue weighted by molar-refractivity contribution is 8.26. The molecular formula is C15H13Cl2NO3S2. The summed E-state index contributed by atoms with van der Waals surface area (Å²) in [4.78, 5) is 25.7. The fourth-order valence-electron chi connectivity index (χ4n) is 1.81. The first-order valence-corrected chi connectivity index (χ1v) is 8.77. The summed E-state index contributed by atoms with van der Waals surface area (Å²) in [5.41, 5.74) is 0.546. The van der Waals surface area contributed by atoms with Gasteiger partial charge in [-0.05, 0) is 24.6 Å². The SMILES string of the molecule is CCCOC(=O)CN1C(=O)/C(=C/c2c(Cl)cccc2Cl)SC1=S. The summed E-state index contributed by atoms with van der Waals surface area (Å²) in [7, 11) is 0. The Kier molecular flexibility index (Phi) is 6.47. The van der Waals surface area contributed by atoms with Crippen molar-refractivity contribution in [2.45, 2.75) is 13.3 Å². The molecule has 1 heterocycles. The number of thiocarbonyl (C=S) groups is 1. The third-order valence-electron chi connectivity index (χ3n) is 2.90. The van der Waals surface area contributed by atoms with Crippen molar-refractivity contribution in [3.8, 4) is 0 Å². The van der Waals surface area contributed by atoms with Gasteiger partial charge in [0.2, 0.25) is 0 Å². The van der Waals surface area contributed by atoms with Gasteiger partial charge in [-0.15, -0.1) is 0 Å². The van der Waals surface area contributed by atoms with Gasteiger partial charge in [0.15, 0.2) is 0 Å². The van der Waals surface area contributed by atoms with Gasteiger partial charge in [-0.1, -0.05) is 60.2 Å². The summed E-state index contributed by atoms with van der Waals surface area (Å²) < 4.78 is 5.28. The number of carbonyl (C=O) groups excluding carboxylic acids is 2. The van der Waals surface area contributed by atoms with Gasteiger partial charge in [0.05, 0.1) is 11.5 Å². The second kappa shape index (κ2) is 8.15. The fourth-order valence-corrected chi connectivity index (χ4v) is 3.55. The Labute approximate surface area is 153 Å². The van der Waals surface area contributed by atoms with E-state index in [0.29, 0.717) is 31.4 Å². The van der Waals surface area contributed by atoms with E-state index in [1.54, 1.807) is 24.3 Å². The number of carbonyl (C=O) groups is 2. The number of esters is 1. The Morgan fingerprint density at radius 2 is 2.04 bits per heavy atom. The Morgan fingerprint density at radius 3 is 2.65 bits per heavy atom. The summed E-state index contributed by atoms with van der Waals surface area (Å²) >= 11 is 18.5. The van der Waals surface area contributed by atoms with E-state index >= 15 is 0 Å². The van der Waals surface area contributed by atoms with Gasteiger partial charge in [-0.25, -0.2) is 0 Å². The predicted octanol–water partition coefficient (Wildman–Crippen LogP) is 4.15. The minimum Gasteiger partial charge on any atom is -0.464 e. The van der Waals surface area contributed by atoms with Crippen LogP contribution in [0, 0.1) is 0 Å². The van der Waals surface area contributed by atoms with Crippen LogP contribution >= 0.6 is 47.2 Å². The van der Waals surface area contributed by atoms with E-state index in [1.165, 1.54) is 4.90 Å². The van der Waals surface area contributed by atoms with Crippen LogP contribution in [-0.4, -0.2) is 34.2 Å². The Bertz CT molecular complexity index is 671. The van der Waals surface area contributed by atoms with E-state index in [1.807, 2.05) is 6.92 Å². The molecule has 4 nitrogen and oxygen atoms in total. The highest BCUT2D eigenvalue weighted by Gasteiger charge is 2.34. The second-order valence-electron chi connectivity index (χ2n) is 4.62. The number of hydrogen-bond acceptors (Lipinski definition) is 5. The third-order valence-corrected chi connectivity index (χ3v) is 4.94. The maximum absolute atomic E-state index is 12.4. The van der Waals surface area contributed by atoms with E-state index in [2.05, 4.69) is 0 Å². The zero-order chi connectivity index (χ0) is 17.0. The standard InChI is InChI=1S/C15H13Cl2NO3S2/c1-2-6-21-13(19)8-18-14(20)12(23-15(18)22)7-9-10(16)4-3-5-11(9)17/h3-5,7H,2,6,8H2,1H3/b12-7-. The molecular weight excluding hydrogens is 377 g/mol. The molecule has 0 bridgehead atoms. The monoisotopic (exact) mass is 389 g/mol. The largest absolute Gasteiger partial charge is 0.464 e. The number of rotatable bonds is 5. The van der Waals surface area contributed by atoms with Gasteiger partial charge in [0.25, 0.3) is 5.91 Å². The minimum absolute atomic E-state index is 0.196. The number of thioether (sulfide) groups is 1. The van der Waals surface area contributed by atoms with E-state index in [4.69, 9.17) is 40.2 Å². The van der Waals surface area contributed by atoms with Crippen LogP contribution in [0.4, 0.5) is 0 Å². The zero-order valence-electron chi connectivity index (χ0n) is 12.2. The lowest BCUT2D eigenvalue weighted by Gasteiger charge is -2.13. The van der Waals surface area contributed by atoms with Crippen molar-refractivity contribution in [1.82, 2.24) is 4.90 Å². The van der Waals surface area contributed by atoms with E-state index < -0.39 is 5.97 Å². The summed E-state index contributed by atoms with van der Waals surface area (Å²) in [6, 6.07) is 5.08. The Hall–Kier alpha value is -1.08. The maximum Gasteiger partial charge on any atom is 0.326 e. The third kappa shape index (κ3) is 4.47. The van der Waals surface area contributed by atoms with Crippen molar-refractivity contribution in [2.24, 2.45) is 0 Å². The molecule has 0 aromatic heterocycles. The number of ether oxygens (including phenoxy) is 1. The molecule has 1 aliphatic rings. The summed E-state index contributed by atoms with van der Waals surface area (Å²) in [5.74, 6) is -0.843. The van der Waals surface area contributed by atoms with Crippen molar-refractivity contribution in [3.05, 3.63) is 38.7 Å². The van der Waals surface area contributed by atoms with Crippen LogP contribution in [0.15, 0.2) is 23.1 Å². The molecule has 0 aliphatic carbocycles. The van der Waals surface area contributed by atoms with Gasteiger partial charge in [0, 0.05) is 15.6 Å². The molecule has 1 aromatic carbocycles. The maximum atomic E-state index is 12.4. The van der Waals surface area contributed by atoms with Gasteiger partial charge in [-0.2, -0.15) is 0 Å². The Morgan fingerprint density at radius 1 is 1.39 bits per heavy atom. The summed E-state index contributed by atoms with van der Waals surface area (Å²) in [6.45, 7) is 2.01. The normalized spacial score (nSPS) is 16.3. The molecule has 122 valence electrons. The van der Waals surface area contributed by atoms with Crippen LogP contribution < -0.4 is 0 Å². The second-order valence-corrected chi connectivity index (χ2v) is 7.11. The molecule has 2 rings (SSSR count). The van der Waals surface area contributed by atoms with E-state index in [0.717, 1.165) is 18.2 Å². The quantitative estimate of drug-likeness (QED) is 0.430. The molecule has 0 saturated carbocycles. The molecule has 0 N–H and O–H groups in total. The molecule has 8 heteroatoms. The van der Waals surface area contributed by atoms with Gasteiger partial charge in [0.1, 0.15) is 10.9 Å². The average molecular weight is 390 g/mol. The van der Waals surface area contributed by atoms with Crippen LogP contribution in [-0.2, 0) is 14.3 Å². The summed E-state index contributed by atoms with van der Waals surface area (Å²) in [6.07, 6.45) is 2.30.